The number of methoxy groups -OCH3 is 1. The quantitative estimate of drug-likeness (QED) is 0.377. The molecule has 0 spiro atoms. The fourth-order valence-electron chi connectivity index (χ4n) is 2.63. The standard InChI is InChI=1S/C19H37N5O4/c1-8-9-10-20-17(21-11-16(25)23(5)6)22-14-12-24(13-15(14)27-7)18(26)28-19(2,3)4/h14-15H,8-13H2,1-7H3,(H2,20,21,22)/t14?,15-/m0/s1. The lowest BCUT2D eigenvalue weighted by Crippen LogP contribution is -2.49. The number of hydrogen-bond acceptors (Lipinski definition) is 5. The minimum atomic E-state index is -0.550. The van der Waals surface area contributed by atoms with Gasteiger partial charge in [-0.1, -0.05) is 13.3 Å². The van der Waals surface area contributed by atoms with Crippen LogP contribution in [0, 0.1) is 0 Å². The summed E-state index contributed by atoms with van der Waals surface area (Å²) in [6, 6.07) is -0.153. The van der Waals surface area contributed by atoms with E-state index in [-0.39, 0.29) is 30.7 Å². The smallest absolute Gasteiger partial charge is 0.410 e. The number of rotatable bonds is 7. The van der Waals surface area contributed by atoms with Crippen LogP contribution in [0.2, 0.25) is 0 Å². The summed E-state index contributed by atoms with van der Waals surface area (Å²) in [5.41, 5.74) is -0.550. The van der Waals surface area contributed by atoms with Gasteiger partial charge in [-0.2, -0.15) is 0 Å². The molecule has 0 saturated carbocycles. The summed E-state index contributed by atoms with van der Waals surface area (Å²) in [5.74, 6) is 0.462. The van der Waals surface area contributed by atoms with Crippen molar-refractivity contribution in [3.63, 3.8) is 0 Å². The van der Waals surface area contributed by atoms with Crippen LogP contribution in [0.3, 0.4) is 0 Å². The third-order valence-corrected chi connectivity index (χ3v) is 4.24. The van der Waals surface area contributed by atoms with Crippen molar-refractivity contribution in [1.82, 2.24) is 20.4 Å². The van der Waals surface area contributed by atoms with Gasteiger partial charge in [-0.3, -0.25) is 4.79 Å². The normalized spacial score (nSPS) is 20.1. The SMILES string of the molecule is CCCCNC(=NCC(=O)N(C)C)NC1CN(C(=O)OC(C)(C)C)C[C@@H]1OC. The molecular weight excluding hydrogens is 362 g/mol. The van der Waals surface area contributed by atoms with E-state index in [9.17, 15) is 9.59 Å². The van der Waals surface area contributed by atoms with Crippen LogP contribution in [0.25, 0.3) is 0 Å². The van der Waals surface area contributed by atoms with Gasteiger partial charge in [-0.15, -0.1) is 0 Å². The first-order valence-corrected chi connectivity index (χ1v) is 9.83. The maximum atomic E-state index is 12.4. The number of carbonyl (C=O) groups is 2. The Labute approximate surface area is 168 Å². The van der Waals surface area contributed by atoms with E-state index in [1.807, 2.05) is 20.8 Å². The summed E-state index contributed by atoms with van der Waals surface area (Å²) in [5, 5.41) is 6.56. The highest BCUT2D eigenvalue weighted by atomic mass is 16.6. The molecule has 2 N–H and O–H groups in total. The minimum absolute atomic E-state index is 0.0502. The lowest BCUT2D eigenvalue weighted by Gasteiger charge is -2.24. The Morgan fingerprint density at radius 2 is 1.93 bits per heavy atom. The molecule has 0 aromatic heterocycles. The second kappa shape index (κ2) is 11.1. The molecule has 0 bridgehead atoms. The zero-order valence-corrected chi connectivity index (χ0v) is 18.4. The van der Waals surface area contributed by atoms with Crippen LogP contribution in [0.5, 0.6) is 0 Å². The van der Waals surface area contributed by atoms with Gasteiger partial charge in [0.05, 0.1) is 18.7 Å². The van der Waals surface area contributed by atoms with E-state index in [1.54, 1.807) is 26.1 Å². The fraction of sp³-hybridized carbons (Fsp3) is 0.842. The van der Waals surface area contributed by atoms with Crippen LogP contribution in [0.1, 0.15) is 40.5 Å². The number of ether oxygens (including phenoxy) is 2. The predicted octanol–water partition coefficient (Wildman–Crippen LogP) is 1.04. The van der Waals surface area contributed by atoms with Crippen LogP contribution in [0.15, 0.2) is 4.99 Å². The molecule has 1 saturated heterocycles. The van der Waals surface area contributed by atoms with Crippen molar-refractivity contribution in [1.29, 1.82) is 0 Å². The summed E-state index contributed by atoms with van der Waals surface area (Å²) in [4.78, 5) is 31.8. The van der Waals surface area contributed by atoms with E-state index in [1.165, 1.54) is 4.90 Å². The van der Waals surface area contributed by atoms with Gasteiger partial charge < -0.3 is 29.9 Å². The number of hydrogen-bond donors (Lipinski definition) is 2. The number of carbonyl (C=O) groups excluding carboxylic acids is 2. The van der Waals surface area contributed by atoms with Crippen molar-refractivity contribution in [3.05, 3.63) is 0 Å². The van der Waals surface area contributed by atoms with Crippen molar-refractivity contribution >= 4 is 18.0 Å². The summed E-state index contributed by atoms with van der Waals surface area (Å²) in [7, 11) is 5.02. The number of unbranched alkanes of at least 4 members (excludes halogenated alkanes) is 1. The Morgan fingerprint density at radius 3 is 2.46 bits per heavy atom. The molecule has 0 aliphatic carbocycles. The summed E-state index contributed by atoms with van der Waals surface area (Å²) < 4.78 is 11.0. The molecule has 0 aromatic carbocycles. The molecule has 162 valence electrons. The Hall–Kier alpha value is -2.03. The summed E-state index contributed by atoms with van der Waals surface area (Å²) >= 11 is 0. The van der Waals surface area contributed by atoms with Crippen molar-refractivity contribution in [3.8, 4) is 0 Å². The first-order chi connectivity index (χ1) is 13.1. The number of likely N-dealkylation sites (N-methyl/N-ethyl adjacent to an activating group) is 1. The van der Waals surface area contributed by atoms with Crippen LogP contribution in [0.4, 0.5) is 4.79 Å². The van der Waals surface area contributed by atoms with Crippen molar-refractivity contribution in [2.45, 2.75) is 58.3 Å². The number of amides is 2. The highest BCUT2D eigenvalue weighted by Gasteiger charge is 2.37. The molecule has 28 heavy (non-hydrogen) atoms. The van der Waals surface area contributed by atoms with Crippen molar-refractivity contribution in [2.75, 3.05) is 47.4 Å². The first-order valence-electron chi connectivity index (χ1n) is 9.83. The number of aliphatic imine (C=N–C) groups is 1. The van der Waals surface area contributed by atoms with Crippen LogP contribution in [-0.4, -0.2) is 92.9 Å². The van der Waals surface area contributed by atoms with E-state index < -0.39 is 5.60 Å². The molecule has 1 fully saturated rings. The van der Waals surface area contributed by atoms with Gasteiger partial charge in [0.25, 0.3) is 0 Å². The third-order valence-electron chi connectivity index (χ3n) is 4.24. The van der Waals surface area contributed by atoms with E-state index in [0.29, 0.717) is 19.0 Å². The Kier molecular flexibility index (Phi) is 9.51. The number of guanidine groups is 1. The highest BCUT2D eigenvalue weighted by molar-refractivity contribution is 5.85. The van der Waals surface area contributed by atoms with Gasteiger partial charge in [-0.05, 0) is 27.2 Å². The monoisotopic (exact) mass is 399 g/mol. The zero-order valence-electron chi connectivity index (χ0n) is 18.4. The topological polar surface area (TPSA) is 95.5 Å². The lowest BCUT2D eigenvalue weighted by atomic mass is 10.2. The number of nitrogens with one attached hydrogen (secondary N) is 2. The molecule has 9 heteroatoms. The molecule has 1 heterocycles. The zero-order chi connectivity index (χ0) is 21.3. The maximum Gasteiger partial charge on any atom is 0.410 e. The van der Waals surface area contributed by atoms with Gasteiger partial charge in [0.15, 0.2) is 5.96 Å². The molecule has 1 unspecified atom stereocenters. The van der Waals surface area contributed by atoms with E-state index in [2.05, 4.69) is 22.5 Å². The third kappa shape index (κ3) is 8.33. The van der Waals surface area contributed by atoms with Crippen LogP contribution in [-0.2, 0) is 14.3 Å². The maximum absolute atomic E-state index is 12.4. The van der Waals surface area contributed by atoms with Gasteiger partial charge in [0, 0.05) is 34.3 Å². The van der Waals surface area contributed by atoms with Gasteiger partial charge >= 0.3 is 6.09 Å². The Bertz CT molecular complexity index is 545. The molecule has 0 radical (unpaired) electrons. The van der Waals surface area contributed by atoms with Gasteiger partial charge in [0.2, 0.25) is 5.91 Å². The molecule has 9 nitrogen and oxygen atoms in total. The lowest BCUT2D eigenvalue weighted by molar-refractivity contribution is -0.127. The highest BCUT2D eigenvalue weighted by Crippen LogP contribution is 2.17. The van der Waals surface area contributed by atoms with Gasteiger partial charge in [-0.25, -0.2) is 9.79 Å². The van der Waals surface area contributed by atoms with E-state index >= 15 is 0 Å². The molecule has 2 amide bonds. The average molecular weight is 400 g/mol. The van der Waals surface area contributed by atoms with E-state index in [4.69, 9.17) is 9.47 Å². The molecular formula is C19H37N5O4. The van der Waals surface area contributed by atoms with Crippen molar-refractivity contribution < 1.29 is 19.1 Å². The number of likely N-dealkylation sites (tertiary alicyclic amines) is 1. The fourth-order valence-corrected chi connectivity index (χ4v) is 2.63. The largest absolute Gasteiger partial charge is 0.444 e. The Balaban J connectivity index is 2.79. The van der Waals surface area contributed by atoms with Crippen molar-refractivity contribution in [2.24, 2.45) is 4.99 Å². The van der Waals surface area contributed by atoms with Gasteiger partial charge in [0.1, 0.15) is 12.1 Å². The summed E-state index contributed by atoms with van der Waals surface area (Å²) in [6.07, 6.45) is 1.48. The molecule has 1 aliphatic heterocycles. The molecule has 2 atom stereocenters. The van der Waals surface area contributed by atoms with Crippen LogP contribution >= 0.6 is 0 Å². The molecule has 1 aliphatic rings. The second-order valence-electron chi connectivity index (χ2n) is 8.14. The summed E-state index contributed by atoms with van der Waals surface area (Å²) in [6.45, 7) is 9.30. The second-order valence-corrected chi connectivity index (χ2v) is 8.14. The predicted molar refractivity (Wildman–Crippen MR) is 109 cm³/mol. The number of nitrogens with zero attached hydrogens (tertiary/aromatic N) is 3. The average Bonchev–Trinajstić information content (AvgIpc) is 3.00. The van der Waals surface area contributed by atoms with Crippen LogP contribution < -0.4 is 10.6 Å². The minimum Gasteiger partial charge on any atom is -0.444 e. The Morgan fingerprint density at radius 1 is 1.25 bits per heavy atom. The molecule has 0 aromatic rings. The van der Waals surface area contributed by atoms with E-state index in [0.717, 1.165) is 19.4 Å². The molecule has 1 rings (SSSR count). The first kappa shape index (κ1) is 24.0.